The van der Waals surface area contributed by atoms with E-state index < -0.39 is 12.1 Å². The highest BCUT2D eigenvalue weighted by Gasteiger charge is 2.11. The second-order valence-electron chi connectivity index (χ2n) is 3.90. The number of hydrogen-bond acceptors (Lipinski definition) is 5. The highest BCUT2D eigenvalue weighted by atomic mass is 16.5. The zero-order valence-corrected chi connectivity index (χ0v) is 10.4. The Morgan fingerprint density at radius 2 is 2.05 bits per heavy atom. The number of nitrogens with zero attached hydrogens (tertiary/aromatic N) is 1. The monoisotopic (exact) mass is 276 g/mol. The normalized spacial score (nSPS) is 10.0. The van der Waals surface area contributed by atoms with Gasteiger partial charge in [-0.25, -0.2) is 9.59 Å². The van der Waals surface area contributed by atoms with Gasteiger partial charge in [-0.05, 0) is 5.56 Å². The second-order valence-corrected chi connectivity index (χ2v) is 3.90. The van der Waals surface area contributed by atoms with Crippen LogP contribution in [-0.2, 0) is 17.9 Å². The predicted molar refractivity (Wildman–Crippen MR) is 66.9 cm³/mol. The zero-order chi connectivity index (χ0) is 14.4. The lowest BCUT2D eigenvalue weighted by Gasteiger charge is -2.05. The molecule has 0 aliphatic rings. The van der Waals surface area contributed by atoms with Gasteiger partial charge in [-0.2, -0.15) is 0 Å². The molecule has 7 nitrogen and oxygen atoms in total. The summed E-state index contributed by atoms with van der Waals surface area (Å²) in [5, 5.41) is 14.4. The van der Waals surface area contributed by atoms with E-state index in [1.165, 1.54) is 6.07 Å². The van der Waals surface area contributed by atoms with Gasteiger partial charge in [0, 0.05) is 6.07 Å². The van der Waals surface area contributed by atoms with E-state index in [4.69, 9.17) is 14.4 Å². The van der Waals surface area contributed by atoms with Gasteiger partial charge in [-0.1, -0.05) is 35.5 Å². The third-order valence-electron chi connectivity index (χ3n) is 2.40. The van der Waals surface area contributed by atoms with E-state index in [1.807, 2.05) is 30.3 Å². The molecule has 0 saturated heterocycles. The first-order chi connectivity index (χ1) is 9.65. The Morgan fingerprint density at radius 1 is 1.30 bits per heavy atom. The number of benzene rings is 1. The molecule has 0 radical (unpaired) electrons. The van der Waals surface area contributed by atoms with Crippen molar-refractivity contribution in [3.05, 3.63) is 53.4 Å². The quantitative estimate of drug-likeness (QED) is 0.863. The fourth-order valence-corrected chi connectivity index (χ4v) is 1.43. The maximum Gasteiger partial charge on any atom is 0.407 e. The molecule has 1 aromatic carbocycles. The number of carboxylic acid groups (broad SMARTS) is 1. The third-order valence-corrected chi connectivity index (χ3v) is 2.40. The fourth-order valence-electron chi connectivity index (χ4n) is 1.43. The molecule has 2 N–H and O–H groups in total. The first kappa shape index (κ1) is 13.6. The summed E-state index contributed by atoms with van der Waals surface area (Å²) >= 11 is 0. The molecule has 20 heavy (non-hydrogen) atoms. The van der Waals surface area contributed by atoms with Crippen LogP contribution < -0.4 is 5.32 Å². The minimum Gasteiger partial charge on any atom is -0.476 e. The van der Waals surface area contributed by atoms with Crippen molar-refractivity contribution in [3.63, 3.8) is 0 Å². The van der Waals surface area contributed by atoms with Crippen LogP contribution in [0.1, 0.15) is 21.8 Å². The van der Waals surface area contributed by atoms with Crippen molar-refractivity contribution in [1.29, 1.82) is 0 Å². The molecule has 0 spiro atoms. The van der Waals surface area contributed by atoms with E-state index in [0.29, 0.717) is 0 Å². The van der Waals surface area contributed by atoms with Gasteiger partial charge in [-0.3, -0.25) is 0 Å². The van der Waals surface area contributed by atoms with E-state index in [-0.39, 0.29) is 24.6 Å². The highest BCUT2D eigenvalue weighted by molar-refractivity contribution is 5.85. The van der Waals surface area contributed by atoms with Crippen molar-refractivity contribution in [2.45, 2.75) is 13.2 Å². The summed E-state index contributed by atoms with van der Waals surface area (Å²) in [5.74, 6) is -0.953. The lowest BCUT2D eigenvalue weighted by atomic mass is 10.2. The van der Waals surface area contributed by atoms with Gasteiger partial charge < -0.3 is 19.7 Å². The van der Waals surface area contributed by atoms with Gasteiger partial charge in [0.1, 0.15) is 6.61 Å². The number of ether oxygens (including phenoxy) is 1. The van der Waals surface area contributed by atoms with Crippen LogP contribution in [0.2, 0.25) is 0 Å². The third kappa shape index (κ3) is 3.84. The molecule has 0 fully saturated rings. The van der Waals surface area contributed by atoms with Gasteiger partial charge in [0.25, 0.3) is 0 Å². The molecule has 2 aromatic rings. The number of hydrogen-bond donors (Lipinski definition) is 2. The average Bonchev–Trinajstić information content (AvgIpc) is 2.93. The largest absolute Gasteiger partial charge is 0.476 e. The van der Waals surface area contributed by atoms with Gasteiger partial charge >= 0.3 is 12.1 Å². The molecule has 104 valence electrons. The van der Waals surface area contributed by atoms with Crippen LogP contribution >= 0.6 is 0 Å². The predicted octanol–water partition coefficient (Wildman–Crippen LogP) is 1.80. The van der Waals surface area contributed by atoms with Crippen molar-refractivity contribution >= 4 is 12.1 Å². The first-order valence-corrected chi connectivity index (χ1v) is 5.78. The van der Waals surface area contributed by atoms with Gasteiger partial charge in [0.2, 0.25) is 0 Å². The maximum atomic E-state index is 11.4. The number of amides is 1. The Kier molecular flexibility index (Phi) is 4.33. The molecule has 2 rings (SSSR count). The van der Waals surface area contributed by atoms with Crippen molar-refractivity contribution in [2.24, 2.45) is 0 Å². The number of aromatic nitrogens is 1. The minimum absolute atomic E-state index is 0.00784. The van der Waals surface area contributed by atoms with E-state index >= 15 is 0 Å². The number of alkyl carbamates (subject to hydrolysis) is 1. The molecule has 0 unspecified atom stereocenters. The van der Waals surface area contributed by atoms with Crippen LogP contribution in [0.3, 0.4) is 0 Å². The smallest absolute Gasteiger partial charge is 0.407 e. The van der Waals surface area contributed by atoms with Gasteiger partial charge in [0.05, 0.1) is 6.54 Å². The average molecular weight is 276 g/mol. The Bertz CT molecular complexity index is 594. The molecule has 7 heteroatoms. The molecule has 1 amide bonds. The maximum absolute atomic E-state index is 11.4. The van der Waals surface area contributed by atoms with Crippen molar-refractivity contribution < 1.29 is 24.0 Å². The number of carbonyl (C=O) groups excluding carboxylic acids is 1. The summed E-state index contributed by atoms with van der Waals surface area (Å²) < 4.78 is 9.71. The Hall–Kier alpha value is -2.83. The second kappa shape index (κ2) is 6.37. The summed E-state index contributed by atoms with van der Waals surface area (Å²) in [6, 6.07) is 10.5. The van der Waals surface area contributed by atoms with Crippen LogP contribution in [0, 0.1) is 0 Å². The first-order valence-electron chi connectivity index (χ1n) is 5.78. The summed E-state index contributed by atoms with van der Waals surface area (Å²) in [4.78, 5) is 22.0. The minimum atomic E-state index is -1.19. The van der Waals surface area contributed by atoms with Crippen LogP contribution in [0.15, 0.2) is 40.9 Å². The van der Waals surface area contributed by atoms with Crippen LogP contribution in [0.25, 0.3) is 0 Å². The molecule has 0 saturated carbocycles. The lowest BCUT2D eigenvalue weighted by Crippen LogP contribution is -2.23. The molecule has 0 bridgehead atoms. The molecule has 1 heterocycles. The molecule has 1 aromatic heterocycles. The molecule has 0 aliphatic carbocycles. The Morgan fingerprint density at radius 3 is 2.70 bits per heavy atom. The summed E-state index contributed by atoms with van der Waals surface area (Å²) in [6.07, 6.45) is -0.623. The Labute approximate surface area is 114 Å². The van der Waals surface area contributed by atoms with E-state index in [1.54, 1.807) is 0 Å². The molecular weight excluding hydrogens is 264 g/mol. The standard InChI is InChI=1S/C13H12N2O5/c16-12(17)11-6-10(20-15-11)7-14-13(18)19-8-9-4-2-1-3-5-9/h1-6H,7-8H2,(H,14,18)(H,16,17). The summed E-state index contributed by atoms with van der Waals surface area (Å²) in [6.45, 7) is 0.164. The summed E-state index contributed by atoms with van der Waals surface area (Å²) in [7, 11) is 0. The topological polar surface area (TPSA) is 102 Å². The molecule has 0 atom stereocenters. The number of carboxylic acids is 1. The van der Waals surface area contributed by atoms with Gasteiger partial charge in [-0.15, -0.1) is 0 Å². The van der Waals surface area contributed by atoms with Gasteiger partial charge in [0.15, 0.2) is 11.5 Å². The van der Waals surface area contributed by atoms with E-state index in [2.05, 4.69) is 10.5 Å². The SMILES string of the molecule is O=C(NCc1cc(C(=O)O)no1)OCc1ccccc1. The molecular formula is C13H12N2O5. The van der Waals surface area contributed by atoms with E-state index in [9.17, 15) is 9.59 Å². The number of nitrogens with one attached hydrogen (secondary N) is 1. The van der Waals surface area contributed by atoms with Crippen LogP contribution in [-0.4, -0.2) is 22.3 Å². The van der Waals surface area contributed by atoms with Crippen molar-refractivity contribution in [1.82, 2.24) is 10.5 Å². The zero-order valence-electron chi connectivity index (χ0n) is 10.4. The van der Waals surface area contributed by atoms with Crippen LogP contribution in [0.4, 0.5) is 4.79 Å². The van der Waals surface area contributed by atoms with Crippen molar-refractivity contribution in [2.75, 3.05) is 0 Å². The number of aromatic carboxylic acids is 1. The summed E-state index contributed by atoms with van der Waals surface area (Å²) in [5.41, 5.74) is 0.662. The number of rotatable bonds is 5. The van der Waals surface area contributed by atoms with Crippen molar-refractivity contribution in [3.8, 4) is 0 Å². The highest BCUT2D eigenvalue weighted by Crippen LogP contribution is 2.04. The molecule has 0 aliphatic heterocycles. The van der Waals surface area contributed by atoms with E-state index in [0.717, 1.165) is 5.56 Å². The fraction of sp³-hybridized carbons (Fsp3) is 0.154. The lowest BCUT2D eigenvalue weighted by molar-refractivity contribution is 0.0685. The Balaban J connectivity index is 1.76. The van der Waals surface area contributed by atoms with Crippen LogP contribution in [0.5, 0.6) is 0 Å². The number of carbonyl (C=O) groups is 2.